The molecular weight excluding hydrogens is 278 g/mol. The molecular formula is C11H9BrF2N2. The van der Waals surface area contributed by atoms with Crippen LogP contribution in [0.1, 0.15) is 19.2 Å². The molecule has 0 unspecified atom stereocenters. The fraction of sp³-hybridized carbons (Fsp3) is 0.273. The Morgan fingerprint density at radius 2 is 2.00 bits per heavy atom. The highest BCUT2D eigenvalue weighted by Crippen LogP contribution is 2.24. The molecule has 16 heavy (non-hydrogen) atoms. The van der Waals surface area contributed by atoms with Gasteiger partial charge in [0.1, 0.15) is 21.8 Å². The van der Waals surface area contributed by atoms with Gasteiger partial charge in [0.2, 0.25) is 0 Å². The Bertz CT molecular complexity index is 543. The van der Waals surface area contributed by atoms with Gasteiger partial charge in [0, 0.05) is 17.9 Å². The van der Waals surface area contributed by atoms with Gasteiger partial charge < -0.3 is 0 Å². The summed E-state index contributed by atoms with van der Waals surface area (Å²) in [5, 5.41) is 0.359. The average Bonchev–Trinajstić information content (AvgIpc) is 2.20. The second kappa shape index (κ2) is 4.41. The van der Waals surface area contributed by atoms with E-state index in [0.717, 1.165) is 12.5 Å². The molecule has 1 aromatic carbocycles. The summed E-state index contributed by atoms with van der Waals surface area (Å²) in [6.07, 6.45) is 1.55. The molecule has 0 bridgehead atoms. The summed E-state index contributed by atoms with van der Waals surface area (Å²) in [7, 11) is 0. The summed E-state index contributed by atoms with van der Waals surface area (Å²) in [6, 6.07) is 2.05. The maximum absolute atomic E-state index is 13.5. The second-order valence-electron chi connectivity index (χ2n) is 3.46. The molecule has 84 valence electrons. The molecule has 0 aliphatic rings. The standard InChI is InChI=1S/C11H9BrF2N2/c1-2-3-9-15-10-7(11(12)16-9)4-6(13)5-8(10)14/h4-5H,2-3H2,1H3. The minimum atomic E-state index is -0.657. The summed E-state index contributed by atoms with van der Waals surface area (Å²) in [5.74, 6) is -0.722. The molecule has 0 fully saturated rings. The minimum Gasteiger partial charge on any atom is -0.230 e. The fourth-order valence-corrected chi connectivity index (χ4v) is 2.01. The first-order chi connectivity index (χ1) is 7.61. The van der Waals surface area contributed by atoms with E-state index in [1.165, 1.54) is 6.07 Å². The number of aromatic nitrogens is 2. The van der Waals surface area contributed by atoms with Crippen molar-refractivity contribution in [2.45, 2.75) is 19.8 Å². The molecule has 0 saturated carbocycles. The van der Waals surface area contributed by atoms with Crippen molar-refractivity contribution in [1.29, 1.82) is 0 Å². The third kappa shape index (κ3) is 2.04. The van der Waals surface area contributed by atoms with E-state index in [0.29, 0.717) is 22.2 Å². The van der Waals surface area contributed by atoms with E-state index in [4.69, 9.17) is 0 Å². The first-order valence-corrected chi connectivity index (χ1v) is 5.72. The SMILES string of the molecule is CCCc1nc(Br)c2cc(F)cc(F)c2n1. The normalized spacial score (nSPS) is 11.0. The van der Waals surface area contributed by atoms with Crippen LogP contribution in [0.5, 0.6) is 0 Å². The first kappa shape index (κ1) is 11.4. The Hall–Kier alpha value is -1.10. The third-order valence-corrected chi connectivity index (χ3v) is 2.80. The van der Waals surface area contributed by atoms with Crippen LogP contribution in [0, 0.1) is 11.6 Å². The van der Waals surface area contributed by atoms with Crippen molar-refractivity contribution in [3.63, 3.8) is 0 Å². The molecule has 0 amide bonds. The maximum Gasteiger partial charge on any atom is 0.152 e. The Morgan fingerprint density at radius 1 is 1.25 bits per heavy atom. The van der Waals surface area contributed by atoms with Crippen LogP contribution in [-0.2, 0) is 6.42 Å². The largest absolute Gasteiger partial charge is 0.230 e. The number of fused-ring (bicyclic) bond motifs is 1. The topological polar surface area (TPSA) is 25.8 Å². The van der Waals surface area contributed by atoms with Crippen LogP contribution in [0.3, 0.4) is 0 Å². The molecule has 0 aliphatic heterocycles. The van der Waals surface area contributed by atoms with Crippen molar-refractivity contribution < 1.29 is 8.78 Å². The van der Waals surface area contributed by atoms with Gasteiger partial charge in [0.25, 0.3) is 0 Å². The van der Waals surface area contributed by atoms with E-state index < -0.39 is 11.6 Å². The molecule has 0 aliphatic carbocycles. The zero-order chi connectivity index (χ0) is 11.7. The molecule has 1 aromatic heterocycles. The minimum absolute atomic E-state index is 0.159. The van der Waals surface area contributed by atoms with Crippen LogP contribution in [-0.4, -0.2) is 9.97 Å². The molecule has 0 radical (unpaired) electrons. The molecule has 2 aromatic rings. The highest BCUT2D eigenvalue weighted by Gasteiger charge is 2.11. The lowest BCUT2D eigenvalue weighted by Gasteiger charge is -2.04. The van der Waals surface area contributed by atoms with Gasteiger partial charge in [-0.15, -0.1) is 0 Å². The van der Waals surface area contributed by atoms with Gasteiger partial charge in [-0.2, -0.15) is 0 Å². The van der Waals surface area contributed by atoms with E-state index in [2.05, 4.69) is 25.9 Å². The zero-order valence-corrected chi connectivity index (χ0v) is 10.2. The monoisotopic (exact) mass is 286 g/mol. The second-order valence-corrected chi connectivity index (χ2v) is 4.22. The number of halogens is 3. The van der Waals surface area contributed by atoms with Crippen molar-refractivity contribution in [1.82, 2.24) is 9.97 Å². The van der Waals surface area contributed by atoms with Gasteiger partial charge in [-0.1, -0.05) is 6.92 Å². The van der Waals surface area contributed by atoms with Gasteiger partial charge in [-0.3, -0.25) is 0 Å². The van der Waals surface area contributed by atoms with E-state index in [-0.39, 0.29) is 5.52 Å². The Labute approximate surface area is 99.8 Å². The van der Waals surface area contributed by atoms with Gasteiger partial charge in [0.15, 0.2) is 5.82 Å². The number of aryl methyl sites for hydroxylation is 1. The summed E-state index contributed by atoms with van der Waals surface area (Å²) in [5.41, 5.74) is 0.159. The predicted octanol–water partition coefficient (Wildman–Crippen LogP) is 3.62. The molecule has 0 spiro atoms. The van der Waals surface area contributed by atoms with Gasteiger partial charge >= 0.3 is 0 Å². The lowest BCUT2D eigenvalue weighted by atomic mass is 10.2. The lowest BCUT2D eigenvalue weighted by Crippen LogP contribution is -1.98. The number of benzene rings is 1. The molecule has 0 saturated heterocycles. The van der Waals surface area contributed by atoms with E-state index in [9.17, 15) is 8.78 Å². The quantitative estimate of drug-likeness (QED) is 0.788. The number of rotatable bonds is 2. The third-order valence-electron chi connectivity index (χ3n) is 2.19. The first-order valence-electron chi connectivity index (χ1n) is 4.93. The van der Waals surface area contributed by atoms with Gasteiger partial charge in [-0.05, 0) is 28.4 Å². The van der Waals surface area contributed by atoms with Crippen molar-refractivity contribution in [2.24, 2.45) is 0 Å². The van der Waals surface area contributed by atoms with E-state index >= 15 is 0 Å². The summed E-state index contributed by atoms with van der Waals surface area (Å²) in [4.78, 5) is 8.23. The zero-order valence-electron chi connectivity index (χ0n) is 8.60. The maximum atomic E-state index is 13.5. The van der Waals surface area contributed by atoms with Crippen LogP contribution in [0.2, 0.25) is 0 Å². The predicted molar refractivity (Wildman–Crippen MR) is 61.1 cm³/mol. The Morgan fingerprint density at radius 3 is 2.69 bits per heavy atom. The van der Waals surface area contributed by atoms with Crippen molar-refractivity contribution in [3.8, 4) is 0 Å². The lowest BCUT2D eigenvalue weighted by molar-refractivity contribution is 0.589. The smallest absolute Gasteiger partial charge is 0.152 e. The number of hydrogen-bond acceptors (Lipinski definition) is 2. The molecule has 2 rings (SSSR count). The molecule has 0 N–H and O–H groups in total. The van der Waals surface area contributed by atoms with Crippen molar-refractivity contribution in [3.05, 3.63) is 34.2 Å². The van der Waals surface area contributed by atoms with Crippen LogP contribution in [0.15, 0.2) is 16.7 Å². The molecule has 2 nitrogen and oxygen atoms in total. The van der Waals surface area contributed by atoms with Crippen molar-refractivity contribution in [2.75, 3.05) is 0 Å². The number of nitrogens with zero attached hydrogens (tertiary/aromatic N) is 2. The molecule has 5 heteroatoms. The highest BCUT2D eigenvalue weighted by atomic mass is 79.9. The van der Waals surface area contributed by atoms with Crippen LogP contribution < -0.4 is 0 Å². The number of hydrogen-bond donors (Lipinski definition) is 0. The summed E-state index contributed by atoms with van der Waals surface area (Å²) >= 11 is 3.20. The Balaban J connectivity index is 2.71. The van der Waals surface area contributed by atoms with E-state index in [1.54, 1.807) is 0 Å². The van der Waals surface area contributed by atoms with Crippen LogP contribution in [0.4, 0.5) is 8.78 Å². The highest BCUT2D eigenvalue weighted by molar-refractivity contribution is 9.10. The van der Waals surface area contributed by atoms with Gasteiger partial charge in [-0.25, -0.2) is 18.7 Å². The van der Waals surface area contributed by atoms with E-state index in [1.807, 2.05) is 6.92 Å². The summed E-state index contributed by atoms with van der Waals surface area (Å²) < 4.78 is 26.9. The average molecular weight is 287 g/mol. The summed E-state index contributed by atoms with van der Waals surface area (Å²) in [6.45, 7) is 1.99. The molecule has 0 atom stereocenters. The fourth-order valence-electron chi connectivity index (χ4n) is 1.50. The Kier molecular flexibility index (Phi) is 3.14. The van der Waals surface area contributed by atoms with Crippen molar-refractivity contribution >= 4 is 26.8 Å². The van der Waals surface area contributed by atoms with Crippen LogP contribution in [0.25, 0.3) is 10.9 Å². The molecule has 1 heterocycles. The van der Waals surface area contributed by atoms with Gasteiger partial charge in [0.05, 0.1) is 0 Å². The van der Waals surface area contributed by atoms with Crippen LogP contribution >= 0.6 is 15.9 Å².